The molecule has 2 fully saturated rings. The molecule has 2 aliphatic rings. The van der Waals surface area contributed by atoms with Crippen molar-refractivity contribution in [2.75, 3.05) is 33.2 Å². The molecule has 1 atom stereocenters. The highest BCUT2D eigenvalue weighted by Crippen LogP contribution is 2.43. The van der Waals surface area contributed by atoms with Crippen LogP contribution in [-0.2, 0) is 4.79 Å². The van der Waals surface area contributed by atoms with Crippen molar-refractivity contribution in [2.24, 2.45) is 17.1 Å². The number of likely N-dealkylation sites (tertiary alicyclic amines) is 1. The van der Waals surface area contributed by atoms with Gasteiger partial charge < -0.3 is 16.0 Å². The Bertz CT molecular complexity index is 276. The van der Waals surface area contributed by atoms with Crippen molar-refractivity contribution in [3.05, 3.63) is 0 Å². The average molecular weight is 239 g/mol. The molecule has 1 saturated heterocycles. The summed E-state index contributed by atoms with van der Waals surface area (Å²) >= 11 is 0. The van der Waals surface area contributed by atoms with E-state index in [4.69, 9.17) is 5.73 Å². The first kappa shape index (κ1) is 12.8. The number of hydrogen-bond donors (Lipinski definition) is 2. The molecule has 3 N–H and O–H groups in total. The van der Waals surface area contributed by atoms with Crippen LogP contribution in [-0.4, -0.2) is 44.0 Å². The first-order valence-corrected chi connectivity index (χ1v) is 6.79. The Morgan fingerprint density at radius 3 is 2.88 bits per heavy atom. The van der Waals surface area contributed by atoms with E-state index < -0.39 is 0 Å². The summed E-state index contributed by atoms with van der Waals surface area (Å²) in [5.74, 6) is 0.756. The SMILES string of the molecule is CN1CCCC(CC(=O)NCC2(CN)CC2)C1. The predicted molar refractivity (Wildman–Crippen MR) is 68.6 cm³/mol. The molecule has 0 aromatic rings. The summed E-state index contributed by atoms with van der Waals surface area (Å²) in [5.41, 5.74) is 5.95. The van der Waals surface area contributed by atoms with Crippen molar-refractivity contribution in [1.29, 1.82) is 0 Å². The summed E-state index contributed by atoms with van der Waals surface area (Å²) in [4.78, 5) is 14.2. The van der Waals surface area contributed by atoms with Crippen molar-refractivity contribution < 1.29 is 4.79 Å². The average Bonchev–Trinajstić information content (AvgIpc) is 3.07. The summed E-state index contributed by atoms with van der Waals surface area (Å²) < 4.78 is 0. The maximum absolute atomic E-state index is 11.8. The fourth-order valence-corrected chi connectivity index (χ4v) is 2.69. The fourth-order valence-electron chi connectivity index (χ4n) is 2.69. The lowest BCUT2D eigenvalue weighted by Gasteiger charge is -2.29. The molecule has 1 aliphatic carbocycles. The van der Waals surface area contributed by atoms with Crippen LogP contribution in [0.25, 0.3) is 0 Å². The largest absolute Gasteiger partial charge is 0.355 e. The molecule has 98 valence electrons. The van der Waals surface area contributed by atoms with Gasteiger partial charge in [0.15, 0.2) is 0 Å². The van der Waals surface area contributed by atoms with Gasteiger partial charge in [0, 0.05) is 19.5 Å². The highest BCUT2D eigenvalue weighted by Gasteiger charge is 2.41. The molecular formula is C13H25N3O. The van der Waals surface area contributed by atoms with E-state index in [2.05, 4.69) is 17.3 Å². The third kappa shape index (κ3) is 3.68. The highest BCUT2D eigenvalue weighted by molar-refractivity contribution is 5.76. The molecule has 2 rings (SSSR count). The van der Waals surface area contributed by atoms with E-state index in [0.29, 0.717) is 18.9 Å². The van der Waals surface area contributed by atoms with Gasteiger partial charge in [-0.3, -0.25) is 4.79 Å². The van der Waals surface area contributed by atoms with Crippen LogP contribution in [0.4, 0.5) is 0 Å². The maximum Gasteiger partial charge on any atom is 0.220 e. The standard InChI is InChI=1S/C13H25N3O/c1-16-6-2-3-11(8-16)7-12(17)15-10-13(9-14)4-5-13/h11H,2-10,14H2,1H3,(H,15,17). The number of rotatable bonds is 5. The molecule has 1 saturated carbocycles. The predicted octanol–water partition coefficient (Wildman–Crippen LogP) is 0.573. The van der Waals surface area contributed by atoms with Crippen molar-refractivity contribution >= 4 is 5.91 Å². The third-order valence-electron chi connectivity index (χ3n) is 4.25. The lowest BCUT2D eigenvalue weighted by Crippen LogP contribution is -2.38. The molecule has 0 aromatic heterocycles. The van der Waals surface area contributed by atoms with Crippen LogP contribution in [0, 0.1) is 11.3 Å². The Balaban J connectivity index is 1.66. The molecule has 1 heterocycles. The summed E-state index contributed by atoms with van der Waals surface area (Å²) in [6.45, 7) is 3.73. The van der Waals surface area contributed by atoms with Gasteiger partial charge >= 0.3 is 0 Å². The maximum atomic E-state index is 11.8. The van der Waals surface area contributed by atoms with Gasteiger partial charge in [0.2, 0.25) is 5.91 Å². The van der Waals surface area contributed by atoms with Crippen molar-refractivity contribution in [3.8, 4) is 0 Å². The molecule has 0 aromatic carbocycles. The van der Waals surface area contributed by atoms with Crippen LogP contribution in [0.2, 0.25) is 0 Å². The topological polar surface area (TPSA) is 58.4 Å². The number of amides is 1. The normalized spacial score (nSPS) is 27.8. The molecule has 1 unspecified atom stereocenters. The Morgan fingerprint density at radius 1 is 1.53 bits per heavy atom. The summed E-state index contributed by atoms with van der Waals surface area (Å²) in [5, 5.41) is 3.06. The minimum atomic E-state index is 0.213. The van der Waals surface area contributed by atoms with E-state index in [0.717, 1.165) is 13.1 Å². The quantitative estimate of drug-likeness (QED) is 0.737. The van der Waals surface area contributed by atoms with E-state index in [1.165, 1.54) is 32.2 Å². The van der Waals surface area contributed by atoms with E-state index >= 15 is 0 Å². The fraction of sp³-hybridized carbons (Fsp3) is 0.923. The van der Waals surface area contributed by atoms with Crippen LogP contribution in [0.5, 0.6) is 0 Å². The number of hydrogen-bond acceptors (Lipinski definition) is 3. The lowest BCUT2D eigenvalue weighted by molar-refractivity contribution is -0.122. The van der Waals surface area contributed by atoms with E-state index in [-0.39, 0.29) is 11.3 Å². The van der Waals surface area contributed by atoms with Gasteiger partial charge in [-0.15, -0.1) is 0 Å². The Labute approximate surface area is 104 Å². The second-order valence-corrected chi connectivity index (χ2v) is 5.96. The first-order chi connectivity index (χ1) is 8.13. The van der Waals surface area contributed by atoms with Crippen LogP contribution in [0.1, 0.15) is 32.1 Å². The van der Waals surface area contributed by atoms with Crippen LogP contribution in [0.15, 0.2) is 0 Å². The lowest BCUT2D eigenvalue weighted by atomic mass is 9.94. The minimum absolute atomic E-state index is 0.213. The van der Waals surface area contributed by atoms with Crippen molar-refractivity contribution in [2.45, 2.75) is 32.1 Å². The first-order valence-electron chi connectivity index (χ1n) is 6.79. The van der Waals surface area contributed by atoms with Gasteiger partial charge in [-0.25, -0.2) is 0 Å². The summed E-state index contributed by atoms with van der Waals surface area (Å²) in [7, 11) is 2.14. The monoisotopic (exact) mass is 239 g/mol. The van der Waals surface area contributed by atoms with Gasteiger partial charge in [0.1, 0.15) is 0 Å². The molecule has 17 heavy (non-hydrogen) atoms. The number of nitrogens with one attached hydrogen (secondary N) is 1. The zero-order valence-corrected chi connectivity index (χ0v) is 10.9. The number of carbonyl (C=O) groups is 1. The second-order valence-electron chi connectivity index (χ2n) is 5.96. The van der Waals surface area contributed by atoms with Crippen molar-refractivity contribution in [3.63, 3.8) is 0 Å². The number of nitrogens with two attached hydrogens (primary N) is 1. The van der Waals surface area contributed by atoms with Crippen LogP contribution < -0.4 is 11.1 Å². The molecule has 1 aliphatic heterocycles. The second kappa shape index (κ2) is 5.36. The third-order valence-corrected chi connectivity index (χ3v) is 4.25. The van der Waals surface area contributed by atoms with E-state index in [9.17, 15) is 4.79 Å². The molecule has 4 nitrogen and oxygen atoms in total. The van der Waals surface area contributed by atoms with E-state index in [1.54, 1.807) is 0 Å². The highest BCUT2D eigenvalue weighted by atomic mass is 16.1. The summed E-state index contributed by atoms with van der Waals surface area (Å²) in [6.07, 6.45) is 5.46. The molecule has 1 amide bonds. The number of carbonyl (C=O) groups excluding carboxylic acids is 1. The van der Waals surface area contributed by atoms with Crippen LogP contribution in [0.3, 0.4) is 0 Å². The van der Waals surface area contributed by atoms with Gasteiger partial charge in [0.25, 0.3) is 0 Å². The summed E-state index contributed by atoms with van der Waals surface area (Å²) in [6, 6.07) is 0. The van der Waals surface area contributed by atoms with Gasteiger partial charge in [-0.1, -0.05) is 0 Å². The molecule has 0 spiro atoms. The zero-order valence-electron chi connectivity index (χ0n) is 10.9. The minimum Gasteiger partial charge on any atom is -0.355 e. The molecule has 0 radical (unpaired) electrons. The molecule has 4 heteroatoms. The smallest absolute Gasteiger partial charge is 0.220 e. The number of piperidine rings is 1. The van der Waals surface area contributed by atoms with Gasteiger partial charge in [-0.05, 0) is 57.2 Å². The Kier molecular flexibility index (Phi) is 4.05. The van der Waals surface area contributed by atoms with E-state index in [1.807, 2.05) is 0 Å². The Hall–Kier alpha value is -0.610. The molecular weight excluding hydrogens is 214 g/mol. The molecule has 0 bridgehead atoms. The zero-order chi connectivity index (χ0) is 12.3. The van der Waals surface area contributed by atoms with Crippen LogP contribution >= 0.6 is 0 Å². The number of nitrogens with zero attached hydrogens (tertiary/aromatic N) is 1. The van der Waals surface area contributed by atoms with Crippen molar-refractivity contribution in [1.82, 2.24) is 10.2 Å². The Morgan fingerprint density at radius 2 is 2.29 bits per heavy atom. The van der Waals surface area contributed by atoms with Gasteiger partial charge in [-0.2, -0.15) is 0 Å². The van der Waals surface area contributed by atoms with Gasteiger partial charge in [0.05, 0.1) is 0 Å².